The summed E-state index contributed by atoms with van der Waals surface area (Å²) < 4.78 is 0. The molecule has 2 aromatic carbocycles. The minimum absolute atomic E-state index is 0.294. The number of carbonyl (C=O) groups excluding carboxylic acids is 1. The van der Waals surface area contributed by atoms with Crippen molar-refractivity contribution < 1.29 is 4.79 Å². The summed E-state index contributed by atoms with van der Waals surface area (Å²) in [6.45, 7) is 2.11. The third-order valence-corrected chi connectivity index (χ3v) is 3.15. The number of hydrogen-bond acceptors (Lipinski definition) is 1. The van der Waals surface area contributed by atoms with Gasteiger partial charge < -0.3 is 0 Å². The highest BCUT2D eigenvalue weighted by atomic mass is 16.1. The second-order valence-corrected chi connectivity index (χ2v) is 4.72. The molecule has 18 heavy (non-hydrogen) atoms. The van der Waals surface area contributed by atoms with Gasteiger partial charge in [0.15, 0.2) is 0 Å². The van der Waals surface area contributed by atoms with Gasteiger partial charge in [-0.1, -0.05) is 67.6 Å². The lowest BCUT2D eigenvalue weighted by atomic mass is 9.93. The zero-order valence-electron chi connectivity index (χ0n) is 10.7. The Hall–Kier alpha value is -1.89. The van der Waals surface area contributed by atoms with Gasteiger partial charge in [-0.05, 0) is 17.0 Å². The fourth-order valence-corrected chi connectivity index (χ4v) is 2.14. The third-order valence-electron chi connectivity index (χ3n) is 3.15. The number of rotatable bonds is 5. The van der Waals surface area contributed by atoms with Crippen LogP contribution >= 0.6 is 0 Å². The summed E-state index contributed by atoms with van der Waals surface area (Å²) in [7, 11) is 0. The van der Waals surface area contributed by atoms with Crippen LogP contribution in [-0.2, 0) is 11.2 Å². The van der Waals surface area contributed by atoms with Crippen molar-refractivity contribution in [3.63, 3.8) is 0 Å². The molecule has 92 valence electrons. The minimum Gasteiger partial charge on any atom is -0.299 e. The van der Waals surface area contributed by atoms with E-state index in [2.05, 4.69) is 19.1 Å². The van der Waals surface area contributed by atoms with Crippen molar-refractivity contribution >= 4 is 5.78 Å². The average Bonchev–Trinajstić information content (AvgIpc) is 2.40. The van der Waals surface area contributed by atoms with E-state index in [4.69, 9.17) is 0 Å². The molecule has 1 nitrogen and oxygen atoms in total. The van der Waals surface area contributed by atoms with Gasteiger partial charge in [-0.2, -0.15) is 0 Å². The van der Waals surface area contributed by atoms with Crippen LogP contribution in [-0.4, -0.2) is 5.78 Å². The van der Waals surface area contributed by atoms with E-state index in [0.29, 0.717) is 24.5 Å². The topological polar surface area (TPSA) is 17.1 Å². The van der Waals surface area contributed by atoms with Crippen LogP contribution in [0.4, 0.5) is 0 Å². The molecule has 0 saturated heterocycles. The molecule has 0 aliphatic carbocycles. The number of Topliss-reactive ketones (excluding diaryl/α,β-unsaturated/α-hetero) is 1. The van der Waals surface area contributed by atoms with Gasteiger partial charge in [0, 0.05) is 12.8 Å². The lowest BCUT2D eigenvalue weighted by Crippen LogP contribution is -2.07. The summed E-state index contributed by atoms with van der Waals surface area (Å²) in [4.78, 5) is 12.0. The number of ketones is 1. The molecule has 2 aromatic rings. The van der Waals surface area contributed by atoms with E-state index < -0.39 is 0 Å². The molecular formula is C17H18O. The Morgan fingerprint density at radius 3 is 2.11 bits per heavy atom. The molecule has 0 spiro atoms. The third kappa shape index (κ3) is 3.56. The summed E-state index contributed by atoms with van der Waals surface area (Å²) in [5, 5.41) is 0. The first-order chi connectivity index (χ1) is 8.75. The van der Waals surface area contributed by atoms with Gasteiger partial charge in [0.25, 0.3) is 0 Å². The normalized spacial score (nSPS) is 12.1. The Balaban J connectivity index is 1.92. The standard InChI is InChI=1S/C17H18O/c1-14(16-10-6-3-7-11-16)12-17(18)13-15-8-4-2-5-9-15/h2-11,14H,12-13H2,1H3/t14-/m0/s1. The lowest BCUT2D eigenvalue weighted by molar-refractivity contribution is -0.118. The average molecular weight is 238 g/mol. The molecule has 2 rings (SSSR count). The van der Waals surface area contributed by atoms with Gasteiger partial charge in [0.05, 0.1) is 0 Å². The van der Waals surface area contributed by atoms with Gasteiger partial charge >= 0.3 is 0 Å². The van der Waals surface area contributed by atoms with Crippen molar-refractivity contribution in [2.75, 3.05) is 0 Å². The molecule has 0 fully saturated rings. The van der Waals surface area contributed by atoms with Crippen molar-refractivity contribution in [2.24, 2.45) is 0 Å². The maximum atomic E-state index is 12.0. The largest absolute Gasteiger partial charge is 0.299 e. The fraction of sp³-hybridized carbons (Fsp3) is 0.235. The first-order valence-corrected chi connectivity index (χ1v) is 6.36. The number of carbonyl (C=O) groups is 1. The number of benzene rings is 2. The molecule has 0 N–H and O–H groups in total. The van der Waals surface area contributed by atoms with E-state index in [1.165, 1.54) is 5.56 Å². The van der Waals surface area contributed by atoms with Crippen LogP contribution in [0.25, 0.3) is 0 Å². The van der Waals surface area contributed by atoms with E-state index in [9.17, 15) is 4.79 Å². The lowest BCUT2D eigenvalue weighted by Gasteiger charge is -2.10. The highest BCUT2D eigenvalue weighted by molar-refractivity contribution is 5.81. The molecule has 0 aliphatic heterocycles. The maximum Gasteiger partial charge on any atom is 0.137 e. The van der Waals surface area contributed by atoms with Gasteiger partial charge in [0.1, 0.15) is 5.78 Å². The molecule has 0 saturated carbocycles. The summed E-state index contributed by atoms with van der Waals surface area (Å²) in [5.74, 6) is 0.597. The quantitative estimate of drug-likeness (QED) is 0.769. The Bertz CT molecular complexity index is 488. The van der Waals surface area contributed by atoms with Crippen molar-refractivity contribution in [2.45, 2.75) is 25.7 Å². The van der Waals surface area contributed by atoms with E-state index in [-0.39, 0.29) is 0 Å². The van der Waals surface area contributed by atoms with E-state index in [0.717, 1.165) is 5.56 Å². The predicted octanol–water partition coefficient (Wildman–Crippen LogP) is 3.99. The molecule has 0 heterocycles. The van der Waals surface area contributed by atoms with Crippen molar-refractivity contribution in [1.82, 2.24) is 0 Å². The first kappa shape index (κ1) is 12.6. The second kappa shape index (κ2) is 6.15. The van der Waals surface area contributed by atoms with Crippen LogP contribution in [0.3, 0.4) is 0 Å². The van der Waals surface area contributed by atoms with Gasteiger partial charge in [0.2, 0.25) is 0 Å². The molecule has 0 unspecified atom stereocenters. The maximum absolute atomic E-state index is 12.0. The fourth-order valence-electron chi connectivity index (χ4n) is 2.14. The monoisotopic (exact) mass is 238 g/mol. The van der Waals surface area contributed by atoms with Crippen molar-refractivity contribution in [3.8, 4) is 0 Å². The van der Waals surface area contributed by atoms with E-state index in [1.54, 1.807) is 0 Å². The zero-order chi connectivity index (χ0) is 12.8. The number of hydrogen-bond donors (Lipinski definition) is 0. The summed E-state index contributed by atoms with van der Waals surface area (Å²) in [6.07, 6.45) is 1.15. The summed E-state index contributed by atoms with van der Waals surface area (Å²) in [6, 6.07) is 20.1. The van der Waals surface area contributed by atoms with Crippen LogP contribution in [0.1, 0.15) is 30.4 Å². The first-order valence-electron chi connectivity index (χ1n) is 6.36. The SMILES string of the molecule is C[C@@H](CC(=O)Cc1ccccc1)c1ccccc1. The molecule has 1 heteroatoms. The molecule has 0 amide bonds. The Morgan fingerprint density at radius 1 is 0.944 bits per heavy atom. The van der Waals surface area contributed by atoms with Gasteiger partial charge in [-0.15, -0.1) is 0 Å². The van der Waals surface area contributed by atoms with E-state index >= 15 is 0 Å². The highest BCUT2D eigenvalue weighted by Gasteiger charge is 2.11. The molecule has 0 aromatic heterocycles. The molecule has 1 atom stereocenters. The van der Waals surface area contributed by atoms with Crippen LogP contribution in [0, 0.1) is 0 Å². The Labute approximate surface area is 108 Å². The van der Waals surface area contributed by atoms with E-state index in [1.807, 2.05) is 48.5 Å². The van der Waals surface area contributed by atoms with Crippen LogP contribution in [0.5, 0.6) is 0 Å². The Kier molecular flexibility index (Phi) is 4.30. The Morgan fingerprint density at radius 2 is 1.50 bits per heavy atom. The second-order valence-electron chi connectivity index (χ2n) is 4.72. The smallest absolute Gasteiger partial charge is 0.137 e. The zero-order valence-corrected chi connectivity index (χ0v) is 10.7. The van der Waals surface area contributed by atoms with Gasteiger partial charge in [-0.3, -0.25) is 4.79 Å². The van der Waals surface area contributed by atoms with Crippen LogP contribution in [0.2, 0.25) is 0 Å². The van der Waals surface area contributed by atoms with Crippen molar-refractivity contribution in [1.29, 1.82) is 0 Å². The summed E-state index contributed by atoms with van der Waals surface area (Å²) in [5.41, 5.74) is 2.33. The highest BCUT2D eigenvalue weighted by Crippen LogP contribution is 2.19. The predicted molar refractivity (Wildman–Crippen MR) is 74.6 cm³/mol. The molecule has 0 aliphatic rings. The van der Waals surface area contributed by atoms with Crippen molar-refractivity contribution in [3.05, 3.63) is 71.8 Å². The minimum atomic E-state index is 0.294. The summed E-state index contributed by atoms with van der Waals surface area (Å²) >= 11 is 0. The molecular weight excluding hydrogens is 220 g/mol. The molecule has 0 bridgehead atoms. The van der Waals surface area contributed by atoms with Crippen LogP contribution in [0.15, 0.2) is 60.7 Å². The van der Waals surface area contributed by atoms with Gasteiger partial charge in [-0.25, -0.2) is 0 Å². The molecule has 0 radical (unpaired) electrons. The van der Waals surface area contributed by atoms with Crippen LogP contribution < -0.4 is 0 Å².